The van der Waals surface area contributed by atoms with Gasteiger partial charge in [0.2, 0.25) is 0 Å². The van der Waals surface area contributed by atoms with Crippen LogP contribution in [0, 0.1) is 10.1 Å². The summed E-state index contributed by atoms with van der Waals surface area (Å²) < 4.78 is 0. The van der Waals surface area contributed by atoms with E-state index in [1.807, 2.05) is 13.8 Å². The van der Waals surface area contributed by atoms with E-state index in [2.05, 4.69) is 0 Å². The molecule has 0 amide bonds. The van der Waals surface area contributed by atoms with Crippen molar-refractivity contribution in [1.29, 1.82) is 0 Å². The van der Waals surface area contributed by atoms with E-state index in [1.54, 1.807) is 17.0 Å². The summed E-state index contributed by atoms with van der Waals surface area (Å²) in [6, 6.07) is 6.03. The second kappa shape index (κ2) is 6.00. The molecule has 0 aromatic heterocycles. The number of benzene rings is 1. The molecule has 18 heavy (non-hydrogen) atoms. The number of carboxylic acids is 1. The van der Waals surface area contributed by atoms with Crippen molar-refractivity contribution in [2.45, 2.75) is 26.3 Å². The molecule has 0 heterocycles. The monoisotopic (exact) mass is 252 g/mol. The SMILES string of the molecule is CCC(C)N(CC(=O)O)c1cccc([N+](=O)[O-])c1. The molecule has 6 nitrogen and oxygen atoms in total. The number of aliphatic carboxylic acids is 1. The molecule has 0 saturated heterocycles. The average molecular weight is 252 g/mol. The van der Waals surface area contributed by atoms with Crippen molar-refractivity contribution in [3.8, 4) is 0 Å². The lowest BCUT2D eigenvalue weighted by atomic mass is 10.1. The number of nitro benzene ring substituents is 1. The van der Waals surface area contributed by atoms with Crippen molar-refractivity contribution in [1.82, 2.24) is 0 Å². The van der Waals surface area contributed by atoms with Gasteiger partial charge in [-0.3, -0.25) is 14.9 Å². The van der Waals surface area contributed by atoms with Crippen molar-refractivity contribution >= 4 is 17.3 Å². The van der Waals surface area contributed by atoms with Crippen molar-refractivity contribution in [3.63, 3.8) is 0 Å². The van der Waals surface area contributed by atoms with Gasteiger partial charge in [0.05, 0.1) is 4.92 Å². The van der Waals surface area contributed by atoms with Crippen LogP contribution in [0.1, 0.15) is 20.3 Å². The molecular formula is C12H16N2O4. The van der Waals surface area contributed by atoms with Gasteiger partial charge in [0.15, 0.2) is 0 Å². The van der Waals surface area contributed by atoms with Gasteiger partial charge in [0, 0.05) is 23.9 Å². The second-order valence-electron chi connectivity index (χ2n) is 4.06. The lowest BCUT2D eigenvalue weighted by Crippen LogP contribution is -2.37. The highest BCUT2D eigenvalue weighted by Crippen LogP contribution is 2.23. The maximum Gasteiger partial charge on any atom is 0.323 e. The average Bonchev–Trinajstić information content (AvgIpc) is 2.35. The third kappa shape index (κ3) is 3.44. The predicted molar refractivity (Wildman–Crippen MR) is 67.8 cm³/mol. The smallest absolute Gasteiger partial charge is 0.323 e. The summed E-state index contributed by atoms with van der Waals surface area (Å²) >= 11 is 0. The molecule has 0 aliphatic rings. The molecular weight excluding hydrogens is 236 g/mol. The molecule has 0 aliphatic heterocycles. The Balaban J connectivity index is 3.07. The molecule has 1 aromatic rings. The zero-order valence-corrected chi connectivity index (χ0v) is 10.4. The normalized spacial score (nSPS) is 11.9. The van der Waals surface area contributed by atoms with Crippen LogP contribution in [0.2, 0.25) is 0 Å². The van der Waals surface area contributed by atoms with E-state index >= 15 is 0 Å². The van der Waals surface area contributed by atoms with Gasteiger partial charge in [-0.15, -0.1) is 0 Å². The molecule has 0 fully saturated rings. The molecule has 1 N–H and O–H groups in total. The van der Waals surface area contributed by atoms with Crippen molar-refractivity contribution in [2.24, 2.45) is 0 Å². The van der Waals surface area contributed by atoms with Crippen LogP contribution in [0.3, 0.4) is 0 Å². The maximum atomic E-state index is 10.8. The molecule has 0 aliphatic carbocycles. The number of rotatable bonds is 6. The standard InChI is InChI=1S/C12H16N2O4/c1-3-9(2)13(8-12(15)16)10-5-4-6-11(7-10)14(17)18/h4-7,9H,3,8H2,1-2H3,(H,15,16). The Kier molecular flexibility index (Phi) is 4.65. The fourth-order valence-electron chi connectivity index (χ4n) is 1.65. The van der Waals surface area contributed by atoms with Gasteiger partial charge in [0.25, 0.3) is 5.69 Å². The van der Waals surface area contributed by atoms with Crippen molar-refractivity contribution < 1.29 is 14.8 Å². The number of anilines is 1. The van der Waals surface area contributed by atoms with E-state index < -0.39 is 10.9 Å². The van der Waals surface area contributed by atoms with Gasteiger partial charge >= 0.3 is 5.97 Å². The molecule has 0 saturated carbocycles. The minimum absolute atomic E-state index is 0.00287. The highest BCUT2D eigenvalue weighted by Gasteiger charge is 2.18. The van der Waals surface area contributed by atoms with E-state index in [0.29, 0.717) is 5.69 Å². The third-order valence-electron chi connectivity index (χ3n) is 2.80. The van der Waals surface area contributed by atoms with Gasteiger partial charge in [0.1, 0.15) is 6.54 Å². The number of carbonyl (C=O) groups is 1. The summed E-state index contributed by atoms with van der Waals surface area (Å²) in [7, 11) is 0. The summed E-state index contributed by atoms with van der Waals surface area (Å²) in [5.74, 6) is -0.957. The topological polar surface area (TPSA) is 83.7 Å². The molecule has 1 aromatic carbocycles. The van der Waals surface area contributed by atoms with Crippen LogP contribution in [-0.4, -0.2) is 28.6 Å². The molecule has 1 unspecified atom stereocenters. The quantitative estimate of drug-likeness (QED) is 0.620. The van der Waals surface area contributed by atoms with Crippen LogP contribution in [0.4, 0.5) is 11.4 Å². The molecule has 98 valence electrons. The highest BCUT2D eigenvalue weighted by molar-refractivity contribution is 5.74. The Morgan fingerprint density at radius 1 is 1.56 bits per heavy atom. The fraction of sp³-hybridized carbons (Fsp3) is 0.417. The Hall–Kier alpha value is -2.11. The first-order valence-corrected chi connectivity index (χ1v) is 5.68. The second-order valence-corrected chi connectivity index (χ2v) is 4.06. The zero-order chi connectivity index (χ0) is 13.7. The van der Waals surface area contributed by atoms with E-state index in [0.717, 1.165) is 6.42 Å². The Morgan fingerprint density at radius 3 is 2.72 bits per heavy atom. The van der Waals surface area contributed by atoms with Crippen LogP contribution in [0.5, 0.6) is 0 Å². The van der Waals surface area contributed by atoms with E-state index in [9.17, 15) is 14.9 Å². The minimum Gasteiger partial charge on any atom is -0.480 e. The van der Waals surface area contributed by atoms with Gasteiger partial charge in [-0.05, 0) is 19.4 Å². The number of nitro groups is 1. The predicted octanol–water partition coefficient (Wildman–Crippen LogP) is 2.28. The summed E-state index contributed by atoms with van der Waals surface area (Å²) in [6.45, 7) is 3.66. The first kappa shape index (κ1) is 14.0. The van der Waals surface area contributed by atoms with Crippen molar-refractivity contribution in [2.75, 3.05) is 11.4 Å². The minimum atomic E-state index is -0.957. The van der Waals surface area contributed by atoms with Gasteiger partial charge in [-0.1, -0.05) is 13.0 Å². The first-order valence-electron chi connectivity index (χ1n) is 5.68. The number of non-ortho nitro benzene ring substituents is 1. The van der Waals surface area contributed by atoms with Crippen LogP contribution >= 0.6 is 0 Å². The Morgan fingerprint density at radius 2 is 2.22 bits per heavy atom. The Labute approximate surface area is 105 Å². The van der Waals surface area contributed by atoms with Crippen LogP contribution in [0.15, 0.2) is 24.3 Å². The first-order chi connectivity index (χ1) is 8.45. The summed E-state index contributed by atoms with van der Waals surface area (Å²) in [5, 5.41) is 19.6. The lowest BCUT2D eigenvalue weighted by Gasteiger charge is -2.28. The van der Waals surface area contributed by atoms with Gasteiger partial charge in [-0.25, -0.2) is 0 Å². The summed E-state index contributed by atoms with van der Waals surface area (Å²) in [5.41, 5.74) is 0.521. The number of carboxylic acid groups (broad SMARTS) is 1. The third-order valence-corrected chi connectivity index (χ3v) is 2.80. The lowest BCUT2D eigenvalue weighted by molar-refractivity contribution is -0.384. The van der Waals surface area contributed by atoms with E-state index in [-0.39, 0.29) is 18.3 Å². The maximum absolute atomic E-state index is 10.8. The number of hydrogen-bond acceptors (Lipinski definition) is 4. The highest BCUT2D eigenvalue weighted by atomic mass is 16.6. The fourth-order valence-corrected chi connectivity index (χ4v) is 1.65. The molecule has 0 bridgehead atoms. The number of nitrogens with zero attached hydrogens (tertiary/aromatic N) is 2. The molecule has 0 radical (unpaired) electrons. The largest absolute Gasteiger partial charge is 0.480 e. The molecule has 1 rings (SSSR count). The molecule has 0 spiro atoms. The molecule has 6 heteroatoms. The van der Waals surface area contributed by atoms with Gasteiger partial charge in [-0.2, -0.15) is 0 Å². The Bertz CT molecular complexity index is 447. The summed E-state index contributed by atoms with van der Waals surface area (Å²) in [6.07, 6.45) is 0.760. The van der Waals surface area contributed by atoms with Crippen LogP contribution < -0.4 is 4.90 Å². The number of hydrogen-bond donors (Lipinski definition) is 1. The van der Waals surface area contributed by atoms with E-state index in [4.69, 9.17) is 5.11 Å². The van der Waals surface area contributed by atoms with Crippen LogP contribution in [-0.2, 0) is 4.79 Å². The summed E-state index contributed by atoms with van der Waals surface area (Å²) in [4.78, 5) is 22.7. The van der Waals surface area contributed by atoms with Crippen molar-refractivity contribution in [3.05, 3.63) is 34.4 Å². The molecule has 1 atom stereocenters. The van der Waals surface area contributed by atoms with Gasteiger partial charge < -0.3 is 10.0 Å². The van der Waals surface area contributed by atoms with E-state index in [1.165, 1.54) is 12.1 Å². The van der Waals surface area contributed by atoms with Crippen LogP contribution in [0.25, 0.3) is 0 Å². The zero-order valence-electron chi connectivity index (χ0n) is 10.4.